The number of anilines is 2. The number of thioether (sulfide) groups is 1. The average Bonchev–Trinajstić information content (AvgIpc) is 3.23. The number of hydrogen-bond donors (Lipinski definition) is 2. The molecule has 4 rings (SSSR count). The summed E-state index contributed by atoms with van der Waals surface area (Å²) in [6.45, 7) is 3.21. The monoisotopic (exact) mass is 478 g/mol. The SMILES string of the molecule is CC(=O)Nc1ccc(NC(=O)C(C)Sc2nc3sc(-c4ccccc4)cc3c(=O)n2C)cc1. The maximum absolute atomic E-state index is 12.9. The summed E-state index contributed by atoms with van der Waals surface area (Å²) in [6.07, 6.45) is 0. The fourth-order valence-electron chi connectivity index (χ4n) is 3.19. The third-order valence-corrected chi connectivity index (χ3v) is 7.14. The van der Waals surface area contributed by atoms with E-state index in [0.717, 1.165) is 10.4 Å². The van der Waals surface area contributed by atoms with Crippen molar-refractivity contribution in [1.29, 1.82) is 0 Å². The van der Waals surface area contributed by atoms with Crippen LogP contribution in [0.5, 0.6) is 0 Å². The highest BCUT2D eigenvalue weighted by atomic mass is 32.2. The van der Waals surface area contributed by atoms with Crippen LogP contribution >= 0.6 is 23.1 Å². The molecule has 4 aromatic rings. The van der Waals surface area contributed by atoms with Crippen molar-refractivity contribution in [2.24, 2.45) is 7.05 Å². The highest BCUT2D eigenvalue weighted by Gasteiger charge is 2.20. The molecule has 2 heterocycles. The van der Waals surface area contributed by atoms with Gasteiger partial charge < -0.3 is 10.6 Å². The molecule has 2 aromatic carbocycles. The van der Waals surface area contributed by atoms with Crippen molar-refractivity contribution in [3.8, 4) is 10.4 Å². The standard InChI is InChI=1S/C24H22N4O3S2/c1-14(21(30)26-18-11-9-17(10-12-18)25-15(2)29)32-24-27-22-19(23(31)28(24)3)13-20(33-22)16-7-5-4-6-8-16/h4-14H,1-3H3,(H,25,29)(H,26,30). The van der Waals surface area contributed by atoms with Gasteiger partial charge in [0.1, 0.15) is 4.83 Å². The minimum Gasteiger partial charge on any atom is -0.326 e. The molecule has 1 unspecified atom stereocenters. The molecular weight excluding hydrogens is 456 g/mol. The Hall–Kier alpha value is -3.43. The Kier molecular flexibility index (Phi) is 6.62. The van der Waals surface area contributed by atoms with Crippen LogP contribution in [0.15, 0.2) is 70.6 Å². The number of rotatable bonds is 6. The van der Waals surface area contributed by atoms with E-state index in [-0.39, 0.29) is 17.4 Å². The van der Waals surface area contributed by atoms with Crippen LogP contribution in [-0.4, -0.2) is 26.6 Å². The third kappa shape index (κ3) is 5.15. The van der Waals surface area contributed by atoms with E-state index in [1.807, 2.05) is 36.4 Å². The number of hydrogen-bond acceptors (Lipinski definition) is 6. The number of nitrogens with one attached hydrogen (secondary N) is 2. The van der Waals surface area contributed by atoms with Crippen LogP contribution in [0.4, 0.5) is 11.4 Å². The maximum atomic E-state index is 12.9. The zero-order valence-electron chi connectivity index (χ0n) is 18.3. The number of nitrogens with zero attached hydrogens (tertiary/aromatic N) is 2. The Morgan fingerprint density at radius 2 is 1.67 bits per heavy atom. The van der Waals surface area contributed by atoms with Gasteiger partial charge >= 0.3 is 0 Å². The van der Waals surface area contributed by atoms with E-state index in [1.54, 1.807) is 38.2 Å². The molecule has 168 valence electrons. The average molecular weight is 479 g/mol. The number of benzene rings is 2. The molecule has 0 saturated heterocycles. The summed E-state index contributed by atoms with van der Waals surface area (Å²) in [4.78, 5) is 43.1. The second-order valence-corrected chi connectivity index (χ2v) is 9.80. The van der Waals surface area contributed by atoms with E-state index in [1.165, 1.54) is 34.6 Å². The van der Waals surface area contributed by atoms with Crippen molar-refractivity contribution < 1.29 is 9.59 Å². The summed E-state index contributed by atoms with van der Waals surface area (Å²) in [5, 5.41) is 6.11. The molecule has 9 heteroatoms. The van der Waals surface area contributed by atoms with Gasteiger partial charge in [0.15, 0.2) is 5.16 Å². The second kappa shape index (κ2) is 9.60. The Morgan fingerprint density at radius 3 is 2.30 bits per heavy atom. The van der Waals surface area contributed by atoms with Crippen molar-refractivity contribution in [3.05, 3.63) is 71.0 Å². The minimum absolute atomic E-state index is 0.137. The Bertz CT molecular complexity index is 1380. The first-order chi connectivity index (χ1) is 15.8. The lowest BCUT2D eigenvalue weighted by Crippen LogP contribution is -2.25. The molecule has 1 atom stereocenters. The molecule has 0 aliphatic heterocycles. The Balaban J connectivity index is 1.51. The first kappa shape index (κ1) is 22.8. The van der Waals surface area contributed by atoms with Crippen LogP contribution in [-0.2, 0) is 16.6 Å². The van der Waals surface area contributed by atoms with E-state index in [9.17, 15) is 14.4 Å². The van der Waals surface area contributed by atoms with Crippen LogP contribution in [0, 0.1) is 0 Å². The van der Waals surface area contributed by atoms with Gasteiger partial charge in [0, 0.05) is 30.2 Å². The van der Waals surface area contributed by atoms with Crippen molar-refractivity contribution in [2.45, 2.75) is 24.3 Å². The maximum Gasteiger partial charge on any atom is 0.262 e. The summed E-state index contributed by atoms with van der Waals surface area (Å²) in [7, 11) is 1.67. The highest BCUT2D eigenvalue weighted by Crippen LogP contribution is 2.32. The summed E-state index contributed by atoms with van der Waals surface area (Å²) in [5.74, 6) is -0.369. The topological polar surface area (TPSA) is 93.1 Å². The lowest BCUT2D eigenvalue weighted by Gasteiger charge is -2.13. The number of carbonyl (C=O) groups excluding carboxylic acids is 2. The van der Waals surface area contributed by atoms with Gasteiger partial charge in [-0.3, -0.25) is 19.0 Å². The molecule has 2 N–H and O–H groups in total. The summed E-state index contributed by atoms with van der Waals surface area (Å²) < 4.78 is 1.49. The number of fused-ring (bicyclic) bond motifs is 1. The number of amides is 2. The van der Waals surface area contributed by atoms with Crippen molar-refractivity contribution >= 4 is 56.5 Å². The van der Waals surface area contributed by atoms with Gasteiger partial charge in [-0.1, -0.05) is 42.1 Å². The van der Waals surface area contributed by atoms with Gasteiger partial charge in [0.2, 0.25) is 11.8 Å². The zero-order chi connectivity index (χ0) is 23.5. The van der Waals surface area contributed by atoms with E-state index < -0.39 is 5.25 Å². The molecule has 0 spiro atoms. The molecule has 33 heavy (non-hydrogen) atoms. The Labute approximate surface area is 198 Å². The van der Waals surface area contributed by atoms with Crippen LogP contribution < -0.4 is 16.2 Å². The van der Waals surface area contributed by atoms with Gasteiger partial charge in [-0.05, 0) is 42.8 Å². The molecule has 2 amide bonds. The predicted molar refractivity (Wildman–Crippen MR) is 135 cm³/mol. The van der Waals surface area contributed by atoms with Gasteiger partial charge in [-0.15, -0.1) is 11.3 Å². The van der Waals surface area contributed by atoms with Crippen LogP contribution in [0.2, 0.25) is 0 Å². The smallest absolute Gasteiger partial charge is 0.262 e. The highest BCUT2D eigenvalue weighted by molar-refractivity contribution is 8.00. The number of carbonyl (C=O) groups is 2. The van der Waals surface area contributed by atoms with Crippen LogP contribution in [0.1, 0.15) is 13.8 Å². The normalized spacial score (nSPS) is 11.8. The van der Waals surface area contributed by atoms with Crippen molar-refractivity contribution in [1.82, 2.24) is 9.55 Å². The van der Waals surface area contributed by atoms with Crippen LogP contribution in [0.3, 0.4) is 0 Å². The van der Waals surface area contributed by atoms with E-state index in [0.29, 0.717) is 26.7 Å². The fourth-order valence-corrected chi connectivity index (χ4v) is 5.15. The van der Waals surface area contributed by atoms with Crippen LogP contribution in [0.25, 0.3) is 20.7 Å². The van der Waals surface area contributed by atoms with Crippen molar-refractivity contribution in [2.75, 3.05) is 10.6 Å². The zero-order valence-corrected chi connectivity index (χ0v) is 19.9. The largest absolute Gasteiger partial charge is 0.326 e. The molecule has 0 aliphatic carbocycles. The first-order valence-electron chi connectivity index (χ1n) is 10.2. The van der Waals surface area contributed by atoms with E-state index in [4.69, 9.17) is 0 Å². The summed E-state index contributed by atoms with van der Waals surface area (Å²) in [6, 6.07) is 18.6. The molecule has 7 nitrogen and oxygen atoms in total. The molecule has 2 aromatic heterocycles. The van der Waals surface area contributed by atoms with E-state index in [2.05, 4.69) is 15.6 Å². The molecule has 0 saturated carbocycles. The predicted octanol–water partition coefficient (Wildman–Crippen LogP) is 4.74. The van der Waals surface area contributed by atoms with E-state index >= 15 is 0 Å². The summed E-state index contributed by atoms with van der Waals surface area (Å²) in [5.41, 5.74) is 2.17. The lowest BCUT2D eigenvalue weighted by molar-refractivity contribution is -0.115. The quantitative estimate of drug-likeness (QED) is 0.308. The molecular formula is C24H22N4O3S2. The lowest BCUT2D eigenvalue weighted by atomic mass is 10.2. The summed E-state index contributed by atoms with van der Waals surface area (Å²) >= 11 is 2.70. The molecule has 0 aliphatic rings. The number of thiophene rings is 1. The fraction of sp³-hybridized carbons (Fsp3) is 0.167. The van der Waals surface area contributed by atoms with Crippen molar-refractivity contribution in [3.63, 3.8) is 0 Å². The minimum atomic E-state index is -0.482. The first-order valence-corrected chi connectivity index (χ1v) is 11.9. The molecule has 0 bridgehead atoms. The van der Waals surface area contributed by atoms with Gasteiger partial charge in [-0.25, -0.2) is 4.98 Å². The van der Waals surface area contributed by atoms with Gasteiger partial charge in [-0.2, -0.15) is 0 Å². The number of aromatic nitrogens is 2. The van der Waals surface area contributed by atoms with Gasteiger partial charge in [0.25, 0.3) is 5.56 Å². The second-order valence-electron chi connectivity index (χ2n) is 7.46. The van der Waals surface area contributed by atoms with Gasteiger partial charge in [0.05, 0.1) is 10.6 Å². The third-order valence-electron chi connectivity index (χ3n) is 4.91. The Morgan fingerprint density at radius 1 is 1.03 bits per heavy atom. The molecule has 0 radical (unpaired) electrons. The molecule has 0 fully saturated rings.